The minimum Gasteiger partial charge on any atom is -0.444 e. The molecule has 350 valence electrons. The van der Waals surface area contributed by atoms with Gasteiger partial charge in [-0.2, -0.15) is 5.10 Å². The van der Waals surface area contributed by atoms with E-state index in [4.69, 9.17) is 13.9 Å². The second kappa shape index (κ2) is 20.3. The minimum atomic E-state index is -2.94. The predicted molar refractivity (Wildman–Crippen MR) is 238 cm³/mol. The highest BCUT2D eigenvalue weighted by Crippen LogP contribution is 2.32. The van der Waals surface area contributed by atoms with E-state index in [1.54, 1.807) is 48.7 Å². The minimum absolute atomic E-state index is 0.0681. The number of hydrogen-bond donors (Lipinski definition) is 5. The largest absolute Gasteiger partial charge is 0.444 e. The summed E-state index contributed by atoms with van der Waals surface area (Å²) in [6.07, 6.45) is 3.77. The van der Waals surface area contributed by atoms with Gasteiger partial charge in [0.1, 0.15) is 18.1 Å². The second-order valence-electron chi connectivity index (χ2n) is 16.8. The number of ether oxygens (including phenoxy) is 2. The first-order valence-electron chi connectivity index (χ1n) is 22.2. The van der Waals surface area contributed by atoms with Crippen molar-refractivity contribution in [3.05, 3.63) is 101 Å². The molecule has 5 amide bonds. The SMILES string of the molecule is O=C1CCC(N2C(=O)c3ccc(NC4CN(CCOCCOCCNCc5ccc(-n6cc(NC(=O)c7coc(-c8ccnc(NCC9CC9)c8)n7)c(C(F)F)n6)cc5)C4)cc3C2=O)C(=O)N1. The summed E-state index contributed by atoms with van der Waals surface area (Å²) >= 11 is 0. The summed E-state index contributed by atoms with van der Waals surface area (Å²) in [5.74, 6) is -1.31. The van der Waals surface area contributed by atoms with Crippen molar-refractivity contribution >= 4 is 46.7 Å². The Bertz CT molecular complexity index is 2630. The molecule has 3 aromatic heterocycles. The smallest absolute Gasteiger partial charge is 0.284 e. The zero-order valence-electron chi connectivity index (χ0n) is 36.3. The molecule has 1 unspecified atom stereocenters. The quantitative estimate of drug-likeness (QED) is 0.0483. The van der Waals surface area contributed by atoms with Crippen molar-refractivity contribution < 1.29 is 46.6 Å². The highest BCUT2D eigenvalue weighted by molar-refractivity contribution is 6.23. The third kappa shape index (κ3) is 10.9. The van der Waals surface area contributed by atoms with E-state index < -0.39 is 47.7 Å². The highest BCUT2D eigenvalue weighted by atomic mass is 19.3. The van der Waals surface area contributed by atoms with Crippen LogP contribution in [0.15, 0.2) is 77.7 Å². The number of likely N-dealkylation sites (tertiary alicyclic amines) is 1. The zero-order chi connectivity index (χ0) is 46.4. The van der Waals surface area contributed by atoms with Crippen LogP contribution in [0, 0.1) is 5.92 Å². The molecular weight excluding hydrogens is 873 g/mol. The summed E-state index contributed by atoms with van der Waals surface area (Å²) in [5.41, 5.74) is 2.51. The lowest BCUT2D eigenvalue weighted by atomic mass is 10.0. The molecule has 5 aromatic rings. The summed E-state index contributed by atoms with van der Waals surface area (Å²) in [7, 11) is 0. The Labute approximate surface area is 383 Å². The number of alkyl halides is 2. The molecule has 1 atom stereocenters. The standard InChI is InChI=1S/C46H49F2N11O8/c47-41(48)40-35(53-42(61)36-26-67-44(54-36)29-11-12-50-38(19-29)51-22-28-1-2-28)25-58(56-40)32-6-3-27(4-7-32)21-49-13-15-65-17-18-66-16-14-57-23-31(24-57)52-30-5-8-33-34(20-30)46(64)59(45(33)63)37-9-10-39(60)55-43(37)62/h3-8,11-12,19-20,25-26,28,31,37,41,49,52H,1-2,9-10,13-18,21-24H2,(H,50,51)(H,53,61)(H,55,60,62). The van der Waals surface area contributed by atoms with Crippen LogP contribution >= 0.6 is 0 Å². The number of pyridine rings is 1. The maximum atomic E-state index is 14.0. The third-order valence-electron chi connectivity index (χ3n) is 11.9. The number of benzene rings is 2. The Kier molecular flexibility index (Phi) is 13.7. The molecule has 2 aromatic carbocycles. The molecule has 0 radical (unpaired) electrons. The van der Waals surface area contributed by atoms with E-state index in [1.807, 2.05) is 12.1 Å². The van der Waals surface area contributed by atoms with Crippen LogP contribution in [0.4, 0.5) is 26.0 Å². The number of halogens is 2. The van der Waals surface area contributed by atoms with E-state index in [9.17, 15) is 32.8 Å². The van der Waals surface area contributed by atoms with Crippen molar-refractivity contribution in [2.75, 3.05) is 75.1 Å². The van der Waals surface area contributed by atoms with Crippen LogP contribution in [0.5, 0.6) is 0 Å². The maximum absolute atomic E-state index is 14.0. The first-order valence-corrected chi connectivity index (χ1v) is 22.2. The maximum Gasteiger partial charge on any atom is 0.284 e. The van der Waals surface area contributed by atoms with Crippen molar-refractivity contribution in [2.45, 2.75) is 50.7 Å². The zero-order valence-corrected chi connectivity index (χ0v) is 36.3. The first kappa shape index (κ1) is 45.2. The number of carbonyl (C=O) groups excluding carboxylic acids is 5. The molecule has 3 aliphatic heterocycles. The van der Waals surface area contributed by atoms with Gasteiger partial charge in [-0.15, -0.1) is 0 Å². The molecule has 2 saturated heterocycles. The van der Waals surface area contributed by atoms with E-state index in [0.29, 0.717) is 68.2 Å². The Morgan fingerprint density at radius 1 is 0.925 bits per heavy atom. The number of fused-ring (bicyclic) bond motifs is 1. The van der Waals surface area contributed by atoms with Gasteiger partial charge in [0.2, 0.25) is 17.7 Å². The van der Waals surface area contributed by atoms with E-state index in [2.05, 4.69) is 46.6 Å². The van der Waals surface area contributed by atoms with Crippen molar-refractivity contribution in [3.8, 4) is 17.1 Å². The van der Waals surface area contributed by atoms with E-state index >= 15 is 0 Å². The van der Waals surface area contributed by atoms with Gasteiger partial charge in [-0.3, -0.25) is 39.1 Å². The Balaban J connectivity index is 0.635. The first-order chi connectivity index (χ1) is 32.6. The Hall–Kier alpha value is -6.94. The fraction of sp³-hybridized carbons (Fsp3) is 0.391. The van der Waals surface area contributed by atoms with Crippen molar-refractivity contribution in [3.63, 3.8) is 0 Å². The molecule has 5 N–H and O–H groups in total. The predicted octanol–water partition coefficient (Wildman–Crippen LogP) is 4.25. The number of hydrogen-bond acceptors (Lipinski definition) is 15. The van der Waals surface area contributed by atoms with Gasteiger partial charge in [-0.1, -0.05) is 12.1 Å². The summed E-state index contributed by atoms with van der Waals surface area (Å²) in [6, 6.07) is 14.9. The van der Waals surface area contributed by atoms with Crippen LogP contribution in [0.3, 0.4) is 0 Å². The van der Waals surface area contributed by atoms with Crippen LogP contribution in [0.25, 0.3) is 17.1 Å². The summed E-state index contributed by atoms with van der Waals surface area (Å²) < 4.78 is 46.4. The number of imide groups is 2. The molecule has 0 spiro atoms. The lowest BCUT2D eigenvalue weighted by molar-refractivity contribution is -0.136. The molecule has 67 heavy (non-hydrogen) atoms. The van der Waals surface area contributed by atoms with Gasteiger partial charge in [0, 0.05) is 63.1 Å². The van der Waals surface area contributed by atoms with Crippen molar-refractivity contribution in [2.24, 2.45) is 5.92 Å². The van der Waals surface area contributed by atoms with Gasteiger partial charge in [-0.05, 0) is 73.2 Å². The van der Waals surface area contributed by atoms with E-state index in [1.165, 1.54) is 30.0 Å². The Morgan fingerprint density at radius 2 is 1.72 bits per heavy atom. The number of rotatable bonds is 22. The molecular formula is C46H49F2N11O8. The van der Waals surface area contributed by atoms with Crippen LogP contribution in [-0.4, -0.2) is 130 Å². The molecule has 4 aliphatic rings. The Morgan fingerprint density at radius 3 is 2.49 bits per heavy atom. The molecule has 9 rings (SSSR count). The lowest BCUT2D eigenvalue weighted by Gasteiger charge is -2.40. The van der Waals surface area contributed by atoms with Crippen LogP contribution in [0.1, 0.15) is 74.6 Å². The number of anilines is 3. The number of amides is 5. The number of nitrogens with zero attached hydrogens (tertiary/aromatic N) is 6. The number of nitrogens with one attached hydrogen (secondary N) is 5. The van der Waals surface area contributed by atoms with Gasteiger partial charge in [0.25, 0.3) is 24.1 Å². The molecule has 1 saturated carbocycles. The van der Waals surface area contributed by atoms with Gasteiger partial charge in [0.15, 0.2) is 11.4 Å². The average molecular weight is 922 g/mol. The van der Waals surface area contributed by atoms with E-state index in [0.717, 1.165) is 36.6 Å². The fourth-order valence-corrected chi connectivity index (χ4v) is 8.00. The molecule has 0 bridgehead atoms. The van der Waals surface area contributed by atoms with Crippen LogP contribution in [-0.2, 0) is 25.6 Å². The third-order valence-corrected chi connectivity index (χ3v) is 11.9. The van der Waals surface area contributed by atoms with Gasteiger partial charge in [-0.25, -0.2) is 23.4 Å². The number of oxazole rings is 1. The molecule has 21 heteroatoms. The van der Waals surface area contributed by atoms with Crippen LogP contribution in [0.2, 0.25) is 0 Å². The molecule has 3 fully saturated rings. The summed E-state index contributed by atoms with van der Waals surface area (Å²) in [6.45, 7) is 6.22. The average Bonchev–Trinajstić information content (AvgIpc) is 3.72. The molecule has 6 heterocycles. The lowest BCUT2D eigenvalue weighted by Crippen LogP contribution is -2.55. The van der Waals surface area contributed by atoms with Gasteiger partial charge >= 0.3 is 0 Å². The topological polar surface area (TPSA) is 227 Å². The summed E-state index contributed by atoms with van der Waals surface area (Å²) in [5, 5.41) is 18.8. The second-order valence-corrected chi connectivity index (χ2v) is 16.8. The van der Waals surface area contributed by atoms with Crippen LogP contribution < -0.4 is 26.6 Å². The molecule has 19 nitrogen and oxygen atoms in total. The van der Waals surface area contributed by atoms with Gasteiger partial charge in [0.05, 0.1) is 61.2 Å². The highest BCUT2D eigenvalue weighted by Gasteiger charge is 2.45. The monoisotopic (exact) mass is 921 g/mol. The normalized spacial score (nSPS) is 17.5. The van der Waals surface area contributed by atoms with Crippen molar-refractivity contribution in [1.29, 1.82) is 0 Å². The fourth-order valence-electron chi connectivity index (χ4n) is 8.00. The van der Waals surface area contributed by atoms with Crippen molar-refractivity contribution in [1.82, 2.24) is 40.2 Å². The summed E-state index contributed by atoms with van der Waals surface area (Å²) in [4.78, 5) is 74.8. The molecule has 1 aliphatic carbocycles. The van der Waals surface area contributed by atoms with E-state index in [-0.39, 0.29) is 47.3 Å². The number of piperidine rings is 1. The number of carbonyl (C=O) groups is 5. The van der Waals surface area contributed by atoms with Gasteiger partial charge < -0.3 is 35.2 Å². The number of aromatic nitrogens is 4.